The van der Waals surface area contributed by atoms with Crippen molar-refractivity contribution < 1.29 is 4.79 Å². The molecular formula is C25H29N3O2. The van der Waals surface area contributed by atoms with Gasteiger partial charge < -0.3 is 15.2 Å². The van der Waals surface area contributed by atoms with E-state index < -0.39 is 0 Å². The number of carbonyl (C=O) groups excluding carboxylic acids is 1. The molecule has 1 saturated carbocycles. The Labute approximate surface area is 177 Å². The van der Waals surface area contributed by atoms with Crippen LogP contribution in [0.1, 0.15) is 49.3 Å². The van der Waals surface area contributed by atoms with Crippen molar-refractivity contribution in [1.82, 2.24) is 9.88 Å². The number of benzene rings is 2. The van der Waals surface area contributed by atoms with Crippen LogP contribution in [-0.4, -0.2) is 22.0 Å². The van der Waals surface area contributed by atoms with Crippen LogP contribution in [0.5, 0.6) is 0 Å². The molecule has 156 valence electrons. The van der Waals surface area contributed by atoms with Crippen molar-refractivity contribution in [2.75, 3.05) is 5.32 Å². The summed E-state index contributed by atoms with van der Waals surface area (Å²) in [6.07, 6.45) is 5.14. The van der Waals surface area contributed by atoms with Crippen LogP contribution in [0.15, 0.2) is 53.3 Å². The molecule has 2 N–H and O–H groups in total. The van der Waals surface area contributed by atoms with Gasteiger partial charge in [0.05, 0.1) is 6.54 Å². The number of aryl methyl sites for hydroxylation is 2. The highest BCUT2D eigenvalue weighted by Gasteiger charge is 2.27. The van der Waals surface area contributed by atoms with Gasteiger partial charge in [0.1, 0.15) is 0 Å². The first kappa shape index (κ1) is 20.2. The van der Waals surface area contributed by atoms with Crippen molar-refractivity contribution in [3.63, 3.8) is 0 Å². The van der Waals surface area contributed by atoms with E-state index in [4.69, 9.17) is 0 Å². The second-order valence-corrected chi connectivity index (χ2v) is 8.26. The first-order valence-corrected chi connectivity index (χ1v) is 10.8. The van der Waals surface area contributed by atoms with Gasteiger partial charge in [0.25, 0.3) is 5.56 Å². The summed E-state index contributed by atoms with van der Waals surface area (Å²) in [5.41, 5.74) is 4.48. The van der Waals surface area contributed by atoms with E-state index in [0.717, 1.165) is 54.3 Å². The molecule has 4 rings (SSSR count). The number of hydrogen-bond acceptors (Lipinski definition) is 2. The lowest BCUT2D eigenvalue weighted by Gasteiger charge is -2.29. The van der Waals surface area contributed by atoms with Crippen LogP contribution in [-0.2, 0) is 13.0 Å². The van der Waals surface area contributed by atoms with Gasteiger partial charge in [-0.25, -0.2) is 4.79 Å². The molecule has 0 aliphatic heterocycles. The number of hydrogen-bond donors (Lipinski definition) is 2. The quantitative estimate of drug-likeness (QED) is 0.601. The van der Waals surface area contributed by atoms with Crippen molar-refractivity contribution in [2.45, 2.75) is 58.5 Å². The van der Waals surface area contributed by atoms with E-state index in [1.165, 1.54) is 5.56 Å². The van der Waals surface area contributed by atoms with Crippen LogP contribution in [0.2, 0.25) is 0 Å². The van der Waals surface area contributed by atoms with E-state index in [1.54, 1.807) is 0 Å². The summed E-state index contributed by atoms with van der Waals surface area (Å²) < 4.78 is 0. The molecule has 5 nitrogen and oxygen atoms in total. The molecule has 2 amide bonds. The fourth-order valence-electron chi connectivity index (χ4n) is 4.24. The monoisotopic (exact) mass is 403 g/mol. The predicted octanol–water partition coefficient (Wildman–Crippen LogP) is 5.38. The summed E-state index contributed by atoms with van der Waals surface area (Å²) in [5, 5.41) is 4.02. The van der Waals surface area contributed by atoms with Crippen molar-refractivity contribution in [3.8, 4) is 0 Å². The molecule has 30 heavy (non-hydrogen) atoms. The largest absolute Gasteiger partial charge is 0.322 e. The smallest absolute Gasteiger partial charge is 0.322 e. The number of pyridine rings is 1. The molecular weight excluding hydrogens is 374 g/mol. The third-order valence-corrected chi connectivity index (χ3v) is 6.06. The molecule has 1 heterocycles. The van der Waals surface area contributed by atoms with Gasteiger partial charge in [-0.15, -0.1) is 0 Å². The van der Waals surface area contributed by atoms with Crippen LogP contribution in [0, 0.1) is 6.92 Å². The zero-order chi connectivity index (χ0) is 21.1. The Kier molecular flexibility index (Phi) is 5.88. The summed E-state index contributed by atoms with van der Waals surface area (Å²) in [4.78, 5) is 30.7. The number of aromatic nitrogens is 1. The van der Waals surface area contributed by atoms with Crippen molar-refractivity contribution >= 4 is 22.6 Å². The third kappa shape index (κ3) is 4.40. The van der Waals surface area contributed by atoms with Gasteiger partial charge in [-0.2, -0.15) is 0 Å². The van der Waals surface area contributed by atoms with E-state index in [2.05, 4.69) is 23.3 Å². The maximum atomic E-state index is 13.2. The van der Waals surface area contributed by atoms with E-state index in [-0.39, 0.29) is 17.6 Å². The number of aromatic amines is 1. The number of anilines is 1. The highest BCUT2D eigenvalue weighted by atomic mass is 16.2. The lowest BCUT2D eigenvalue weighted by atomic mass is 10.1. The molecule has 0 bridgehead atoms. The number of amides is 2. The van der Waals surface area contributed by atoms with Gasteiger partial charge in [0.15, 0.2) is 0 Å². The third-order valence-electron chi connectivity index (χ3n) is 6.06. The molecule has 0 radical (unpaired) electrons. The molecule has 5 heteroatoms. The lowest BCUT2D eigenvalue weighted by Crippen LogP contribution is -2.42. The van der Waals surface area contributed by atoms with Gasteiger partial charge in [-0.05, 0) is 67.5 Å². The van der Waals surface area contributed by atoms with Crippen LogP contribution in [0.4, 0.5) is 10.5 Å². The molecule has 2 aromatic carbocycles. The lowest BCUT2D eigenvalue weighted by molar-refractivity contribution is 0.184. The zero-order valence-electron chi connectivity index (χ0n) is 17.7. The highest BCUT2D eigenvalue weighted by Crippen LogP contribution is 2.26. The second kappa shape index (κ2) is 8.74. The van der Waals surface area contributed by atoms with Gasteiger partial charge in [0.2, 0.25) is 0 Å². The Morgan fingerprint density at radius 1 is 1.10 bits per heavy atom. The van der Waals surface area contributed by atoms with Crippen molar-refractivity contribution in [3.05, 3.63) is 75.6 Å². The minimum Gasteiger partial charge on any atom is -0.322 e. The van der Waals surface area contributed by atoms with Crippen LogP contribution < -0.4 is 10.9 Å². The maximum Gasteiger partial charge on any atom is 0.322 e. The number of urea groups is 1. The van der Waals surface area contributed by atoms with E-state index in [1.807, 2.05) is 54.3 Å². The number of nitrogens with zero attached hydrogens (tertiary/aromatic N) is 1. The van der Waals surface area contributed by atoms with Gasteiger partial charge in [-0.1, -0.05) is 43.5 Å². The molecule has 1 aliphatic rings. The summed E-state index contributed by atoms with van der Waals surface area (Å²) in [6, 6.07) is 15.8. The van der Waals surface area contributed by atoms with Crippen LogP contribution in [0.3, 0.4) is 0 Å². The summed E-state index contributed by atoms with van der Waals surface area (Å²) >= 11 is 0. The number of rotatable bonds is 5. The van der Waals surface area contributed by atoms with E-state index >= 15 is 0 Å². The maximum absolute atomic E-state index is 13.2. The van der Waals surface area contributed by atoms with Gasteiger partial charge >= 0.3 is 6.03 Å². The summed E-state index contributed by atoms with van der Waals surface area (Å²) in [6.45, 7) is 4.45. The van der Waals surface area contributed by atoms with E-state index in [9.17, 15) is 9.59 Å². The topological polar surface area (TPSA) is 65.2 Å². The molecule has 3 aromatic rings. The number of nitrogens with one attached hydrogen (secondary N) is 2. The Bertz CT molecular complexity index is 1100. The molecule has 0 saturated heterocycles. The number of fused-ring (bicyclic) bond motifs is 1. The van der Waals surface area contributed by atoms with Crippen LogP contribution in [0.25, 0.3) is 10.9 Å². The molecule has 1 aliphatic carbocycles. The Morgan fingerprint density at radius 2 is 1.83 bits per heavy atom. The minimum atomic E-state index is -0.146. The fraction of sp³-hybridized carbons (Fsp3) is 0.360. The second-order valence-electron chi connectivity index (χ2n) is 8.26. The van der Waals surface area contributed by atoms with E-state index in [0.29, 0.717) is 12.1 Å². The SMILES string of the molecule is CCc1ccc2[nH]c(=O)c(CN(C(=O)Nc3ccc(C)cc3)C3CCCC3)cc2c1. The zero-order valence-corrected chi connectivity index (χ0v) is 17.7. The average molecular weight is 404 g/mol. The Balaban J connectivity index is 1.63. The van der Waals surface area contributed by atoms with Gasteiger partial charge in [0, 0.05) is 22.8 Å². The number of H-pyrrole nitrogens is 1. The predicted molar refractivity (Wildman–Crippen MR) is 122 cm³/mol. The fourth-order valence-corrected chi connectivity index (χ4v) is 4.24. The summed E-state index contributed by atoms with van der Waals surface area (Å²) in [7, 11) is 0. The molecule has 1 fully saturated rings. The Hall–Kier alpha value is -3.08. The van der Waals surface area contributed by atoms with Crippen molar-refractivity contribution in [1.29, 1.82) is 0 Å². The van der Waals surface area contributed by atoms with Crippen LogP contribution >= 0.6 is 0 Å². The molecule has 0 atom stereocenters. The standard InChI is InChI=1S/C25H29N3O2/c1-3-18-10-13-23-19(14-18)15-20(24(29)27-23)16-28(22-6-4-5-7-22)25(30)26-21-11-8-17(2)9-12-21/h8-15,22H,3-7,16H2,1-2H3,(H,26,30)(H,27,29). The summed E-state index contributed by atoms with van der Waals surface area (Å²) in [5.74, 6) is 0. The van der Waals surface area contributed by atoms with Crippen molar-refractivity contribution in [2.24, 2.45) is 0 Å². The molecule has 0 spiro atoms. The molecule has 1 aromatic heterocycles. The highest BCUT2D eigenvalue weighted by molar-refractivity contribution is 5.89. The molecule has 0 unspecified atom stereocenters. The normalized spacial score (nSPS) is 14.2. The first-order chi connectivity index (χ1) is 14.5. The minimum absolute atomic E-state index is 0.127. The average Bonchev–Trinajstić information content (AvgIpc) is 3.28. The number of carbonyl (C=O) groups is 1. The first-order valence-electron chi connectivity index (χ1n) is 10.8. The Morgan fingerprint density at radius 3 is 2.53 bits per heavy atom. The van der Waals surface area contributed by atoms with Gasteiger partial charge in [-0.3, -0.25) is 4.79 Å².